The maximum Gasteiger partial charge on any atom is 0.329 e. The van der Waals surface area contributed by atoms with Gasteiger partial charge in [-0.1, -0.05) is 56.3 Å². The van der Waals surface area contributed by atoms with E-state index in [-0.39, 0.29) is 12.3 Å². The molecule has 4 rings (SSSR count). The van der Waals surface area contributed by atoms with Gasteiger partial charge in [-0.2, -0.15) is 0 Å². The highest BCUT2D eigenvalue weighted by atomic mass is 16.2. The summed E-state index contributed by atoms with van der Waals surface area (Å²) >= 11 is 0. The summed E-state index contributed by atoms with van der Waals surface area (Å²) in [5, 5.41) is 5.60. The van der Waals surface area contributed by atoms with Crippen molar-refractivity contribution < 1.29 is 14.4 Å². The van der Waals surface area contributed by atoms with Crippen LogP contribution in [0.15, 0.2) is 67.0 Å². The molecule has 8 nitrogen and oxygen atoms in total. The van der Waals surface area contributed by atoms with Crippen molar-refractivity contribution >= 4 is 23.5 Å². The third kappa shape index (κ3) is 4.64. The average molecular weight is 446 g/mol. The third-order valence-electron chi connectivity index (χ3n) is 5.78. The van der Waals surface area contributed by atoms with Crippen LogP contribution in [-0.4, -0.2) is 33.4 Å². The van der Waals surface area contributed by atoms with Gasteiger partial charge in [0.1, 0.15) is 17.9 Å². The molecule has 2 aromatic carbocycles. The number of hydrogen-bond donors (Lipinski definition) is 2. The van der Waals surface area contributed by atoms with E-state index in [0.717, 1.165) is 16.0 Å². The molecule has 1 aliphatic rings. The van der Waals surface area contributed by atoms with E-state index in [1.807, 2.05) is 54.1 Å². The molecule has 0 bridgehead atoms. The van der Waals surface area contributed by atoms with Crippen LogP contribution in [0.5, 0.6) is 0 Å². The number of nitrogens with zero attached hydrogens (tertiary/aromatic N) is 3. The molecule has 4 amide bonds. The first-order chi connectivity index (χ1) is 15.8. The quantitative estimate of drug-likeness (QED) is 0.546. The number of hydrogen-bond acceptors (Lipinski definition) is 4. The predicted molar refractivity (Wildman–Crippen MR) is 125 cm³/mol. The highest BCUT2D eigenvalue weighted by Crippen LogP contribution is 2.25. The van der Waals surface area contributed by atoms with E-state index < -0.39 is 24.0 Å². The summed E-state index contributed by atoms with van der Waals surface area (Å²) in [6.07, 6.45) is 3.31. The van der Waals surface area contributed by atoms with Crippen molar-refractivity contribution in [3.05, 3.63) is 83.9 Å². The highest BCUT2D eigenvalue weighted by Gasteiger charge is 2.40. The van der Waals surface area contributed by atoms with Gasteiger partial charge in [0.25, 0.3) is 5.91 Å². The van der Waals surface area contributed by atoms with E-state index in [1.165, 1.54) is 0 Å². The van der Waals surface area contributed by atoms with Gasteiger partial charge < -0.3 is 15.2 Å². The summed E-state index contributed by atoms with van der Waals surface area (Å²) < 4.78 is 1.84. The monoisotopic (exact) mass is 445 g/mol. The molecule has 2 unspecified atom stereocenters. The van der Waals surface area contributed by atoms with Crippen molar-refractivity contribution in [1.82, 2.24) is 20.2 Å². The first kappa shape index (κ1) is 22.3. The Bertz CT molecular complexity index is 1150. The van der Waals surface area contributed by atoms with Crippen LogP contribution in [-0.2, 0) is 16.6 Å². The first-order valence-electron chi connectivity index (χ1n) is 10.9. The fourth-order valence-electron chi connectivity index (χ4n) is 3.93. The Morgan fingerprint density at radius 1 is 1.06 bits per heavy atom. The zero-order valence-corrected chi connectivity index (χ0v) is 18.9. The van der Waals surface area contributed by atoms with Gasteiger partial charge in [-0.3, -0.25) is 9.59 Å². The molecule has 0 spiro atoms. The Labute approximate surface area is 192 Å². The number of carbonyl (C=O) groups excluding carboxylic acids is 3. The van der Waals surface area contributed by atoms with Gasteiger partial charge in [-0.25, -0.2) is 14.7 Å². The van der Waals surface area contributed by atoms with E-state index in [2.05, 4.69) is 29.5 Å². The Morgan fingerprint density at radius 3 is 2.36 bits per heavy atom. The minimum atomic E-state index is -0.930. The van der Waals surface area contributed by atoms with Crippen LogP contribution in [0.2, 0.25) is 0 Å². The van der Waals surface area contributed by atoms with Gasteiger partial charge in [-0.05, 0) is 29.2 Å². The molecule has 2 N–H and O–H groups in total. The van der Waals surface area contributed by atoms with Crippen molar-refractivity contribution in [2.75, 3.05) is 4.90 Å². The zero-order valence-electron chi connectivity index (χ0n) is 18.9. The molecular formula is C25H27N5O3. The Kier molecular flexibility index (Phi) is 6.26. The van der Waals surface area contributed by atoms with E-state index in [0.29, 0.717) is 17.4 Å². The normalized spacial score (nSPS) is 16.7. The number of rotatable bonds is 7. The molecule has 170 valence electrons. The molecule has 0 aliphatic carbocycles. The Morgan fingerprint density at radius 2 is 1.76 bits per heavy atom. The number of amides is 4. The third-order valence-corrected chi connectivity index (χ3v) is 5.78. The molecule has 0 saturated carbocycles. The summed E-state index contributed by atoms with van der Waals surface area (Å²) in [5.41, 5.74) is 2.47. The van der Waals surface area contributed by atoms with Crippen LogP contribution in [0, 0.1) is 0 Å². The molecule has 1 aliphatic heterocycles. The number of carbonyl (C=O) groups is 3. The molecule has 3 aromatic rings. The summed E-state index contributed by atoms with van der Waals surface area (Å²) in [6, 6.07) is 14.9. The van der Waals surface area contributed by atoms with Gasteiger partial charge in [0, 0.05) is 19.4 Å². The minimum Gasteiger partial charge on any atom is -0.342 e. The summed E-state index contributed by atoms with van der Waals surface area (Å²) in [7, 11) is 1.85. The fourth-order valence-corrected chi connectivity index (χ4v) is 3.93. The largest absolute Gasteiger partial charge is 0.342 e. The van der Waals surface area contributed by atoms with Crippen molar-refractivity contribution in [2.24, 2.45) is 7.05 Å². The number of aryl methyl sites for hydroxylation is 1. The summed E-state index contributed by atoms with van der Waals surface area (Å²) in [5.74, 6) is 0.210. The van der Waals surface area contributed by atoms with Gasteiger partial charge in [0.2, 0.25) is 5.91 Å². The molecule has 1 aromatic heterocycles. The average Bonchev–Trinajstić information content (AvgIpc) is 3.34. The number of nitrogens with one attached hydrogen (secondary N) is 2. The predicted octanol–water partition coefficient (Wildman–Crippen LogP) is 3.26. The van der Waals surface area contributed by atoms with Crippen LogP contribution in [0.3, 0.4) is 0 Å². The second-order valence-electron chi connectivity index (χ2n) is 8.43. The topological polar surface area (TPSA) is 96.3 Å². The zero-order chi connectivity index (χ0) is 23.5. The second-order valence-corrected chi connectivity index (χ2v) is 8.43. The number of urea groups is 1. The number of benzene rings is 2. The molecular weight excluding hydrogens is 418 g/mol. The Balaban J connectivity index is 1.48. The van der Waals surface area contributed by atoms with Crippen LogP contribution in [0.25, 0.3) is 0 Å². The lowest BCUT2D eigenvalue weighted by Gasteiger charge is -2.20. The van der Waals surface area contributed by atoms with Crippen LogP contribution in [0.4, 0.5) is 10.5 Å². The number of aromatic nitrogens is 2. The number of anilines is 1. The van der Waals surface area contributed by atoms with E-state index >= 15 is 0 Å². The maximum atomic E-state index is 13.0. The summed E-state index contributed by atoms with van der Waals surface area (Å²) in [6.45, 7) is 4.15. The molecule has 0 radical (unpaired) electrons. The molecule has 2 heterocycles. The van der Waals surface area contributed by atoms with Crippen LogP contribution >= 0.6 is 0 Å². The standard InChI is InChI=1S/C25H27N5O3/c1-16(2)17-9-11-19(12-10-17)30-24(32)20(27-25(30)33)15-21(31)28-22(18-7-5-4-6-8-18)23-26-13-14-29(23)3/h4-14,16,20,22H,15H2,1-3H3,(H,27,33)(H,28,31). The first-order valence-corrected chi connectivity index (χ1v) is 10.9. The van der Waals surface area contributed by atoms with Crippen molar-refractivity contribution in [3.8, 4) is 0 Å². The lowest BCUT2D eigenvalue weighted by Crippen LogP contribution is -2.38. The molecule has 2 atom stereocenters. The van der Waals surface area contributed by atoms with E-state index in [9.17, 15) is 14.4 Å². The maximum absolute atomic E-state index is 13.0. The lowest BCUT2D eigenvalue weighted by molar-refractivity contribution is -0.126. The molecule has 8 heteroatoms. The van der Waals surface area contributed by atoms with E-state index in [4.69, 9.17) is 0 Å². The molecule has 1 saturated heterocycles. The SMILES string of the molecule is CC(C)c1ccc(N2C(=O)NC(CC(=O)NC(c3ccccc3)c3nccn3C)C2=O)cc1. The highest BCUT2D eigenvalue weighted by molar-refractivity contribution is 6.22. The minimum absolute atomic E-state index is 0.168. The van der Waals surface area contributed by atoms with Gasteiger partial charge in [0.05, 0.1) is 12.1 Å². The summed E-state index contributed by atoms with van der Waals surface area (Å²) in [4.78, 5) is 43.9. The number of imidazole rings is 1. The van der Waals surface area contributed by atoms with Gasteiger partial charge >= 0.3 is 6.03 Å². The fraction of sp³-hybridized carbons (Fsp3) is 0.280. The smallest absolute Gasteiger partial charge is 0.329 e. The molecule has 1 fully saturated rings. The van der Waals surface area contributed by atoms with Gasteiger partial charge in [0.15, 0.2) is 0 Å². The van der Waals surface area contributed by atoms with Crippen LogP contribution < -0.4 is 15.5 Å². The van der Waals surface area contributed by atoms with Gasteiger partial charge in [-0.15, -0.1) is 0 Å². The molecule has 33 heavy (non-hydrogen) atoms. The van der Waals surface area contributed by atoms with E-state index in [1.54, 1.807) is 24.5 Å². The van der Waals surface area contributed by atoms with Crippen LogP contribution in [0.1, 0.15) is 49.2 Å². The second kappa shape index (κ2) is 9.28. The van der Waals surface area contributed by atoms with Crippen molar-refractivity contribution in [2.45, 2.75) is 38.3 Å². The Hall–Kier alpha value is -3.94. The van der Waals surface area contributed by atoms with Crippen molar-refractivity contribution in [1.29, 1.82) is 0 Å². The van der Waals surface area contributed by atoms with Crippen molar-refractivity contribution in [3.63, 3.8) is 0 Å². The number of imide groups is 1. The lowest BCUT2D eigenvalue weighted by atomic mass is 10.0.